The minimum atomic E-state index is 0.241. The van der Waals surface area contributed by atoms with Crippen LogP contribution in [-0.4, -0.2) is 80.0 Å². The predicted octanol–water partition coefficient (Wildman–Crippen LogP) is 2.29. The van der Waals surface area contributed by atoms with Crippen LogP contribution in [0.3, 0.4) is 0 Å². The molecule has 1 fully saturated rings. The van der Waals surface area contributed by atoms with Gasteiger partial charge in [-0.15, -0.1) is 0 Å². The Morgan fingerprint density at radius 2 is 1.82 bits per heavy atom. The molecule has 0 atom stereocenters. The fourth-order valence-corrected chi connectivity index (χ4v) is 5.31. The minimum Gasteiger partial charge on any atom is -0.366 e. The number of unbranched alkanes of at least 4 members (excludes halogenated alkanes) is 2. The van der Waals surface area contributed by atoms with E-state index in [0.717, 1.165) is 87.4 Å². The highest BCUT2D eigenvalue weighted by Crippen LogP contribution is 2.32. The fourth-order valence-electron chi connectivity index (χ4n) is 5.31. The third kappa shape index (κ3) is 4.41. The smallest absolute Gasteiger partial charge is 0.236 e. The number of piperazine rings is 1. The van der Waals surface area contributed by atoms with E-state index < -0.39 is 0 Å². The molecule has 1 amide bonds. The van der Waals surface area contributed by atoms with Crippen molar-refractivity contribution in [3.63, 3.8) is 0 Å². The van der Waals surface area contributed by atoms with E-state index in [4.69, 9.17) is 5.10 Å². The molecule has 34 heavy (non-hydrogen) atoms. The lowest BCUT2D eigenvalue weighted by molar-refractivity contribution is -0.134. The first-order valence-corrected chi connectivity index (χ1v) is 12.5. The molecular weight excluding hydrogens is 428 g/mol. The summed E-state index contributed by atoms with van der Waals surface area (Å²) in [6, 6.07) is 2.18. The van der Waals surface area contributed by atoms with Gasteiger partial charge in [0.2, 0.25) is 5.91 Å². The molecule has 0 aliphatic carbocycles. The van der Waals surface area contributed by atoms with E-state index in [1.54, 1.807) is 0 Å². The SMILES string of the molecule is Cc1cc(N2CCc3c(c(C)nn3CCCCCN3CCN(C)C(=O)C3)C2)c2cnn(C)c2n1. The summed E-state index contributed by atoms with van der Waals surface area (Å²) in [5.41, 5.74) is 7.08. The van der Waals surface area contributed by atoms with Crippen LogP contribution in [-0.2, 0) is 31.4 Å². The largest absolute Gasteiger partial charge is 0.366 e. The molecule has 0 aromatic carbocycles. The van der Waals surface area contributed by atoms with Gasteiger partial charge >= 0.3 is 0 Å². The van der Waals surface area contributed by atoms with E-state index >= 15 is 0 Å². The summed E-state index contributed by atoms with van der Waals surface area (Å²) in [6.07, 6.45) is 6.35. The van der Waals surface area contributed by atoms with E-state index in [1.165, 1.54) is 16.9 Å². The first kappa shape index (κ1) is 22.8. The van der Waals surface area contributed by atoms with Crippen LogP contribution in [0.15, 0.2) is 12.3 Å². The van der Waals surface area contributed by atoms with Crippen LogP contribution < -0.4 is 4.90 Å². The Kier molecular flexibility index (Phi) is 6.29. The van der Waals surface area contributed by atoms with E-state index in [2.05, 4.69) is 44.5 Å². The third-order valence-corrected chi connectivity index (χ3v) is 7.37. The molecule has 9 heteroatoms. The average Bonchev–Trinajstić information content (AvgIpc) is 3.34. The van der Waals surface area contributed by atoms with Gasteiger partial charge in [-0.1, -0.05) is 6.42 Å². The van der Waals surface area contributed by atoms with Crippen molar-refractivity contribution in [1.29, 1.82) is 0 Å². The van der Waals surface area contributed by atoms with Gasteiger partial charge < -0.3 is 9.80 Å². The Morgan fingerprint density at radius 1 is 1.00 bits per heavy atom. The molecule has 0 saturated carbocycles. The zero-order valence-corrected chi connectivity index (χ0v) is 20.9. The summed E-state index contributed by atoms with van der Waals surface area (Å²) < 4.78 is 4.10. The van der Waals surface area contributed by atoms with Crippen molar-refractivity contribution in [2.45, 2.75) is 52.6 Å². The summed E-state index contributed by atoms with van der Waals surface area (Å²) >= 11 is 0. The van der Waals surface area contributed by atoms with Gasteiger partial charge in [-0.05, 0) is 39.3 Å². The quantitative estimate of drug-likeness (QED) is 0.500. The number of aromatic nitrogens is 5. The van der Waals surface area contributed by atoms with Gasteiger partial charge in [0.1, 0.15) is 0 Å². The number of pyridine rings is 1. The van der Waals surface area contributed by atoms with Gasteiger partial charge in [0.25, 0.3) is 0 Å². The van der Waals surface area contributed by atoms with Crippen LogP contribution in [0, 0.1) is 13.8 Å². The highest BCUT2D eigenvalue weighted by molar-refractivity contribution is 5.89. The Balaban J connectivity index is 1.19. The van der Waals surface area contributed by atoms with Crippen molar-refractivity contribution >= 4 is 22.6 Å². The number of carbonyl (C=O) groups excluding carboxylic acids is 1. The zero-order chi connectivity index (χ0) is 23.8. The maximum atomic E-state index is 11.9. The Morgan fingerprint density at radius 3 is 2.65 bits per heavy atom. The molecule has 5 rings (SSSR count). The lowest BCUT2D eigenvalue weighted by Crippen LogP contribution is -2.48. The fraction of sp³-hybridized carbons (Fsp3) is 0.600. The molecule has 9 nitrogen and oxygen atoms in total. The number of rotatable bonds is 7. The molecule has 5 heterocycles. The molecule has 3 aromatic rings. The number of amides is 1. The molecule has 0 N–H and O–H groups in total. The first-order valence-electron chi connectivity index (χ1n) is 12.5. The summed E-state index contributed by atoms with van der Waals surface area (Å²) in [4.78, 5) is 23.1. The lowest BCUT2D eigenvalue weighted by atomic mass is 10.0. The number of anilines is 1. The van der Waals surface area contributed by atoms with E-state index in [-0.39, 0.29) is 5.91 Å². The second-order valence-corrected chi connectivity index (χ2v) is 9.85. The Hall–Kier alpha value is -2.94. The second kappa shape index (κ2) is 9.37. The predicted molar refractivity (Wildman–Crippen MR) is 133 cm³/mol. The zero-order valence-electron chi connectivity index (χ0n) is 20.9. The van der Waals surface area contributed by atoms with Crippen LogP contribution in [0.1, 0.15) is 41.9 Å². The first-order chi connectivity index (χ1) is 16.4. The van der Waals surface area contributed by atoms with E-state index in [1.807, 2.05) is 29.9 Å². The summed E-state index contributed by atoms with van der Waals surface area (Å²) in [6.45, 7) is 10.4. The topological polar surface area (TPSA) is 75.3 Å². The number of fused-ring (bicyclic) bond motifs is 2. The molecule has 2 aliphatic heterocycles. The van der Waals surface area contributed by atoms with Crippen LogP contribution in [0.25, 0.3) is 11.0 Å². The average molecular weight is 465 g/mol. The van der Waals surface area contributed by atoms with Gasteiger partial charge in [0.15, 0.2) is 5.65 Å². The van der Waals surface area contributed by atoms with Gasteiger partial charge in [0, 0.05) is 70.2 Å². The molecule has 0 bridgehead atoms. The van der Waals surface area contributed by atoms with Crippen LogP contribution in [0.2, 0.25) is 0 Å². The van der Waals surface area contributed by atoms with Crippen LogP contribution >= 0.6 is 0 Å². The molecule has 3 aromatic heterocycles. The van der Waals surface area contributed by atoms with Crippen molar-refractivity contribution in [3.05, 3.63) is 34.9 Å². The van der Waals surface area contributed by atoms with Crippen molar-refractivity contribution in [2.24, 2.45) is 7.05 Å². The number of carbonyl (C=O) groups is 1. The molecular formula is C25H36N8O. The van der Waals surface area contributed by atoms with Crippen molar-refractivity contribution in [2.75, 3.05) is 44.7 Å². The van der Waals surface area contributed by atoms with Crippen LogP contribution in [0.4, 0.5) is 5.69 Å². The highest BCUT2D eigenvalue weighted by Gasteiger charge is 2.25. The molecule has 182 valence electrons. The van der Waals surface area contributed by atoms with Crippen molar-refractivity contribution in [3.8, 4) is 0 Å². The summed E-state index contributed by atoms with van der Waals surface area (Å²) in [5, 5.41) is 10.5. The van der Waals surface area contributed by atoms with Crippen molar-refractivity contribution in [1.82, 2.24) is 34.3 Å². The molecule has 0 spiro atoms. The third-order valence-electron chi connectivity index (χ3n) is 7.37. The summed E-state index contributed by atoms with van der Waals surface area (Å²) in [5.74, 6) is 0.241. The van der Waals surface area contributed by atoms with E-state index in [0.29, 0.717) is 6.54 Å². The molecule has 0 unspecified atom stereocenters. The standard InChI is InChI=1S/C25H36N8O/c1-18-14-23(20-15-26-30(4)25(20)27-18)32-11-8-22-21(16-32)19(2)28-33(22)10-7-5-6-9-31-13-12-29(3)24(34)17-31/h14-15H,5-13,16-17H2,1-4H3. The maximum absolute atomic E-state index is 11.9. The monoisotopic (exact) mass is 464 g/mol. The Labute approximate surface area is 201 Å². The number of likely N-dealkylation sites (N-methyl/N-ethyl adjacent to an activating group) is 1. The summed E-state index contributed by atoms with van der Waals surface area (Å²) in [7, 11) is 3.84. The van der Waals surface area contributed by atoms with Gasteiger partial charge in [0.05, 0.1) is 29.5 Å². The van der Waals surface area contributed by atoms with E-state index in [9.17, 15) is 4.79 Å². The highest BCUT2D eigenvalue weighted by atomic mass is 16.2. The van der Waals surface area contributed by atoms with Gasteiger partial charge in [-0.3, -0.25) is 19.1 Å². The van der Waals surface area contributed by atoms with Crippen molar-refractivity contribution < 1.29 is 4.79 Å². The Bertz CT molecular complexity index is 1200. The van der Waals surface area contributed by atoms with Gasteiger partial charge in [-0.2, -0.15) is 10.2 Å². The second-order valence-electron chi connectivity index (χ2n) is 9.85. The number of nitrogens with zero attached hydrogens (tertiary/aromatic N) is 8. The lowest BCUT2D eigenvalue weighted by Gasteiger charge is -2.31. The normalized spacial score (nSPS) is 17.1. The molecule has 0 radical (unpaired) electrons. The number of hydrogen-bond acceptors (Lipinski definition) is 6. The minimum absolute atomic E-state index is 0.241. The van der Waals surface area contributed by atoms with Gasteiger partial charge in [-0.25, -0.2) is 4.98 Å². The number of aryl methyl sites for hydroxylation is 4. The molecule has 1 saturated heterocycles. The van der Waals surface area contributed by atoms with Crippen LogP contribution in [0.5, 0.6) is 0 Å². The maximum Gasteiger partial charge on any atom is 0.236 e. The molecule has 2 aliphatic rings. The number of hydrogen-bond donors (Lipinski definition) is 0.